The van der Waals surface area contributed by atoms with E-state index in [0.717, 1.165) is 17.1 Å². The molecule has 0 amide bonds. The molecule has 0 spiro atoms. The van der Waals surface area contributed by atoms with Crippen LogP contribution < -0.4 is 20.7 Å². The van der Waals surface area contributed by atoms with Crippen LogP contribution in [-0.2, 0) is 0 Å². The molecule has 3 aromatic heterocycles. The fourth-order valence-corrected chi connectivity index (χ4v) is 16.7. The van der Waals surface area contributed by atoms with E-state index in [-0.39, 0.29) is 0 Å². The summed E-state index contributed by atoms with van der Waals surface area (Å²) in [5, 5.41) is 12.8. The fraction of sp³-hybridized carbons (Fsp3) is 0. The normalized spacial score (nSPS) is 12.0. The second-order valence-electron chi connectivity index (χ2n) is 18.4. The molecule has 0 fully saturated rings. The molecule has 0 aliphatic rings. The highest BCUT2D eigenvalue weighted by Gasteiger charge is 2.41. The SMILES string of the molecule is c1ccc(-n2c3ccccc3c3c(-c4ccc5c6ccccc6n(-c6cccc7c6c6ccccc6n7-c6cccc([Si](c7ccccc7)(c7ccccc7)c7ccccc7)c6)c5c4)cccc32)cc1. The number of aromatic nitrogens is 3. The van der Waals surface area contributed by atoms with Crippen LogP contribution in [0.25, 0.3) is 93.6 Å². The van der Waals surface area contributed by atoms with Crippen LogP contribution in [-0.4, -0.2) is 21.8 Å². The van der Waals surface area contributed by atoms with Gasteiger partial charge in [0.05, 0.1) is 38.8 Å². The smallest absolute Gasteiger partial charge is 0.179 e. The summed E-state index contributed by atoms with van der Waals surface area (Å²) in [5.74, 6) is 0. The molecule has 0 N–H and O–H groups in total. The summed E-state index contributed by atoms with van der Waals surface area (Å²) in [6, 6.07) is 101. The van der Waals surface area contributed by atoms with Gasteiger partial charge in [0.2, 0.25) is 0 Å². The Morgan fingerprint density at radius 2 is 0.671 bits per heavy atom. The van der Waals surface area contributed by atoms with Crippen molar-refractivity contribution in [3.05, 3.63) is 273 Å². The first-order valence-electron chi connectivity index (χ1n) is 24.2. The third kappa shape index (κ3) is 5.94. The molecule has 14 aromatic rings. The number of nitrogens with zero attached hydrogens (tertiary/aromatic N) is 3. The van der Waals surface area contributed by atoms with Crippen molar-refractivity contribution in [2.75, 3.05) is 0 Å². The van der Waals surface area contributed by atoms with Crippen molar-refractivity contribution < 1.29 is 0 Å². The van der Waals surface area contributed by atoms with E-state index < -0.39 is 8.07 Å². The minimum Gasteiger partial charge on any atom is -0.309 e. The van der Waals surface area contributed by atoms with Gasteiger partial charge >= 0.3 is 0 Å². The minimum atomic E-state index is -2.80. The van der Waals surface area contributed by atoms with E-state index >= 15 is 0 Å². The van der Waals surface area contributed by atoms with Crippen LogP contribution in [0, 0.1) is 0 Å². The topological polar surface area (TPSA) is 14.8 Å². The molecule has 14 rings (SSSR count). The molecule has 328 valence electrons. The molecule has 0 unspecified atom stereocenters. The zero-order valence-electron chi connectivity index (χ0n) is 38.3. The van der Waals surface area contributed by atoms with Crippen LogP contribution in [0.1, 0.15) is 0 Å². The van der Waals surface area contributed by atoms with Gasteiger partial charge in [-0.15, -0.1) is 0 Å². The van der Waals surface area contributed by atoms with Crippen LogP contribution in [0.2, 0.25) is 0 Å². The van der Waals surface area contributed by atoms with Crippen LogP contribution >= 0.6 is 0 Å². The highest BCUT2D eigenvalue weighted by Crippen LogP contribution is 2.43. The van der Waals surface area contributed by atoms with E-state index in [1.54, 1.807) is 0 Å². The van der Waals surface area contributed by atoms with Crippen molar-refractivity contribution in [1.29, 1.82) is 0 Å². The first kappa shape index (κ1) is 40.1. The lowest BCUT2D eigenvalue weighted by Crippen LogP contribution is -2.74. The number of fused-ring (bicyclic) bond motifs is 9. The maximum absolute atomic E-state index is 2.80. The zero-order valence-corrected chi connectivity index (χ0v) is 39.3. The molecule has 3 heterocycles. The van der Waals surface area contributed by atoms with Gasteiger partial charge in [0.15, 0.2) is 8.07 Å². The summed E-state index contributed by atoms with van der Waals surface area (Å²) in [7, 11) is -2.80. The number of para-hydroxylation sites is 4. The van der Waals surface area contributed by atoms with Crippen molar-refractivity contribution in [2.24, 2.45) is 0 Å². The molecular weight excluding hydrogens is 863 g/mol. The zero-order chi connectivity index (χ0) is 46.2. The van der Waals surface area contributed by atoms with Gasteiger partial charge in [-0.2, -0.15) is 0 Å². The molecule has 0 saturated heterocycles. The molecule has 0 aliphatic carbocycles. The largest absolute Gasteiger partial charge is 0.309 e. The van der Waals surface area contributed by atoms with Gasteiger partial charge in [0, 0.05) is 43.7 Å². The van der Waals surface area contributed by atoms with E-state index in [1.807, 2.05) is 0 Å². The third-order valence-electron chi connectivity index (χ3n) is 14.8. The molecule has 0 atom stereocenters. The number of hydrogen-bond donors (Lipinski definition) is 0. The van der Waals surface area contributed by atoms with E-state index in [4.69, 9.17) is 0 Å². The van der Waals surface area contributed by atoms with Crippen molar-refractivity contribution in [2.45, 2.75) is 0 Å². The van der Waals surface area contributed by atoms with Gasteiger partial charge in [-0.25, -0.2) is 0 Å². The average molecular weight is 908 g/mol. The summed E-state index contributed by atoms with van der Waals surface area (Å²) in [4.78, 5) is 0. The number of hydrogen-bond acceptors (Lipinski definition) is 0. The maximum Gasteiger partial charge on any atom is 0.179 e. The summed E-state index contributed by atoms with van der Waals surface area (Å²) in [6.45, 7) is 0. The number of benzene rings is 11. The first-order chi connectivity index (χ1) is 34.8. The second-order valence-corrected chi connectivity index (χ2v) is 22.2. The molecule has 70 heavy (non-hydrogen) atoms. The van der Waals surface area contributed by atoms with Crippen LogP contribution in [0.4, 0.5) is 0 Å². The second kappa shape index (κ2) is 16.1. The number of rotatable bonds is 8. The molecule has 0 bridgehead atoms. The molecule has 0 saturated carbocycles. The van der Waals surface area contributed by atoms with Crippen LogP contribution in [0.15, 0.2) is 273 Å². The van der Waals surface area contributed by atoms with Crippen molar-refractivity contribution in [1.82, 2.24) is 13.7 Å². The lowest BCUT2D eigenvalue weighted by atomic mass is 9.98. The molecule has 3 nitrogen and oxygen atoms in total. The lowest BCUT2D eigenvalue weighted by Gasteiger charge is -2.34. The van der Waals surface area contributed by atoms with Gasteiger partial charge in [-0.3, -0.25) is 0 Å². The Balaban J connectivity index is 1.01. The van der Waals surface area contributed by atoms with Gasteiger partial charge in [0.1, 0.15) is 0 Å². The average Bonchev–Trinajstić information content (AvgIpc) is 4.08. The van der Waals surface area contributed by atoms with Crippen LogP contribution in [0.3, 0.4) is 0 Å². The monoisotopic (exact) mass is 907 g/mol. The fourth-order valence-electron chi connectivity index (χ4n) is 11.9. The summed E-state index contributed by atoms with van der Waals surface area (Å²) in [6.07, 6.45) is 0. The predicted molar refractivity (Wildman–Crippen MR) is 299 cm³/mol. The Morgan fingerprint density at radius 1 is 0.243 bits per heavy atom. The Hall–Kier alpha value is -8.96. The first-order valence-corrected chi connectivity index (χ1v) is 26.2. The summed E-state index contributed by atoms with van der Waals surface area (Å²) < 4.78 is 7.43. The maximum atomic E-state index is 2.52. The van der Waals surface area contributed by atoms with Gasteiger partial charge in [0.25, 0.3) is 0 Å². The van der Waals surface area contributed by atoms with Crippen molar-refractivity contribution in [3.8, 4) is 28.2 Å². The standard InChI is InChI=1S/C66H45N3Si/c1-5-22-47(23-6-1)67-59-37-17-14-33-56(59)65-53(35-20-39-61(65)67)46-42-43-55-54-32-13-16-36-58(54)69(64(55)44-46)63-41-21-40-62-66(63)57-34-15-18-38-60(57)68(62)48-24-19-31-52(45-48)70(49-25-7-2-8-26-49,50-27-9-3-10-28-50)51-29-11-4-12-30-51/h1-45H. The molecule has 4 heteroatoms. The molecule has 0 radical (unpaired) electrons. The Kier molecular flexibility index (Phi) is 9.23. The van der Waals surface area contributed by atoms with Gasteiger partial charge < -0.3 is 13.7 Å². The van der Waals surface area contributed by atoms with Crippen molar-refractivity contribution in [3.63, 3.8) is 0 Å². The van der Waals surface area contributed by atoms with Gasteiger partial charge in [-0.05, 0) is 98.6 Å². The molecule has 0 aliphatic heterocycles. The Bertz CT molecular complexity index is 4180. The quantitative estimate of drug-likeness (QED) is 0.107. The minimum absolute atomic E-state index is 1.15. The predicted octanol–water partition coefficient (Wildman–Crippen LogP) is 14.0. The van der Waals surface area contributed by atoms with Crippen molar-refractivity contribution >= 4 is 94.2 Å². The van der Waals surface area contributed by atoms with E-state index in [2.05, 4.69) is 287 Å². The third-order valence-corrected chi connectivity index (χ3v) is 19.5. The van der Waals surface area contributed by atoms with E-state index in [9.17, 15) is 0 Å². The van der Waals surface area contributed by atoms with Crippen LogP contribution in [0.5, 0.6) is 0 Å². The van der Waals surface area contributed by atoms with Gasteiger partial charge in [-0.1, -0.05) is 206 Å². The van der Waals surface area contributed by atoms with E-state index in [0.29, 0.717) is 0 Å². The summed E-state index contributed by atoms with van der Waals surface area (Å²) in [5.41, 5.74) is 13.0. The Morgan fingerprint density at radius 3 is 1.30 bits per heavy atom. The summed E-state index contributed by atoms with van der Waals surface area (Å²) >= 11 is 0. The lowest BCUT2D eigenvalue weighted by molar-refractivity contribution is 1.17. The molecule has 11 aromatic carbocycles. The van der Waals surface area contributed by atoms with E-state index in [1.165, 1.54) is 97.3 Å². The highest BCUT2D eigenvalue weighted by molar-refractivity contribution is 7.19. The highest BCUT2D eigenvalue weighted by atomic mass is 28.3. The molecular formula is C66H45N3Si. The Labute approximate surface area is 407 Å².